The number of benzene rings is 1. The van der Waals surface area contributed by atoms with E-state index in [2.05, 4.69) is 9.80 Å². The summed E-state index contributed by atoms with van der Waals surface area (Å²) in [5.41, 5.74) is 0.826. The normalized spacial score (nSPS) is 20.0. The van der Waals surface area contributed by atoms with Gasteiger partial charge >= 0.3 is 0 Å². The van der Waals surface area contributed by atoms with E-state index in [1.165, 1.54) is 4.90 Å². The summed E-state index contributed by atoms with van der Waals surface area (Å²) in [5.74, 6) is -0.0857. The van der Waals surface area contributed by atoms with Gasteiger partial charge in [0, 0.05) is 45.6 Å². The number of piperidine rings is 1. The molecule has 1 aromatic rings. The second-order valence-electron chi connectivity index (χ2n) is 6.68. The average molecular weight is 384 g/mol. The average Bonchev–Trinajstić information content (AvgIpc) is 2.60. The number of phenolic OH excluding ortho intramolecular Hbond substituents is 1. The Bertz CT molecular complexity index is 619. The first-order valence-electron chi connectivity index (χ1n) is 8.81. The second-order valence-corrected chi connectivity index (χ2v) is 6.68. The van der Waals surface area contributed by atoms with Gasteiger partial charge in [0.2, 0.25) is 11.8 Å². The highest BCUT2D eigenvalue weighted by atomic mass is 35.5. The molecule has 8 heteroatoms. The number of para-hydroxylation sites is 2. The third-order valence-electron chi connectivity index (χ3n) is 4.84. The topological polar surface area (TPSA) is 84.3 Å². The maximum Gasteiger partial charge on any atom is 0.229 e. The number of amides is 2. The Kier molecular flexibility index (Phi) is 7.25. The first-order chi connectivity index (χ1) is 12.0. The molecule has 2 N–H and O–H groups in total. The van der Waals surface area contributed by atoms with Crippen LogP contribution in [0.15, 0.2) is 24.3 Å². The Morgan fingerprint density at radius 3 is 2.19 bits per heavy atom. The lowest BCUT2D eigenvalue weighted by molar-refractivity contribution is -0.149. The number of halogens is 1. The highest BCUT2D eigenvalue weighted by Gasteiger charge is 2.29. The first-order valence-corrected chi connectivity index (χ1v) is 8.81. The van der Waals surface area contributed by atoms with Gasteiger partial charge in [-0.05, 0) is 18.6 Å². The Hall–Kier alpha value is -1.83. The summed E-state index contributed by atoms with van der Waals surface area (Å²) in [6.07, 6.45) is 0.649. The number of phenols is 1. The summed E-state index contributed by atoms with van der Waals surface area (Å²) in [5, 5.41) is 20.2. The fourth-order valence-corrected chi connectivity index (χ4v) is 3.47. The molecule has 0 aromatic heterocycles. The Morgan fingerprint density at radius 2 is 1.58 bits per heavy atom. The minimum absolute atomic E-state index is 0. The molecule has 0 saturated carbocycles. The molecule has 7 nitrogen and oxygen atoms in total. The standard InChI is InChI=1S/C18H25N3O4.ClH/c22-14(13-21-17(24)6-3-7-18(21)25)12-19-8-10-20(11-9-19)15-4-1-2-5-16(15)23;/h1-2,4-5,14,22-23H,3,6-13H2;1H. The van der Waals surface area contributed by atoms with Gasteiger partial charge in [-0.25, -0.2) is 0 Å². The molecule has 2 fully saturated rings. The van der Waals surface area contributed by atoms with E-state index in [1.54, 1.807) is 12.1 Å². The van der Waals surface area contributed by atoms with Gasteiger partial charge in [0.15, 0.2) is 0 Å². The number of carbonyl (C=O) groups excluding carboxylic acids is 2. The van der Waals surface area contributed by atoms with Crippen molar-refractivity contribution < 1.29 is 19.8 Å². The number of rotatable bonds is 5. The predicted molar refractivity (Wildman–Crippen MR) is 101 cm³/mol. The third-order valence-corrected chi connectivity index (χ3v) is 4.84. The Morgan fingerprint density at radius 1 is 0.962 bits per heavy atom. The molecular weight excluding hydrogens is 358 g/mol. The van der Waals surface area contributed by atoms with Crippen LogP contribution in [0, 0.1) is 0 Å². The minimum Gasteiger partial charge on any atom is -0.506 e. The molecule has 26 heavy (non-hydrogen) atoms. The molecule has 0 bridgehead atoms. The van der Waals surface area contributed by atoms with Gasteiger partial charge in [0.05, 0.1) is 18.3 Å². The van der Waals surface area contributed by atoms with Crippen LogP contribution >= 0.6 is 12.4 Å². The lowest BCUT2D eigenvalue weighted by atomic mass is 10.1. The van der Waals surface area contributed by atoms with E-state index in [-0.39, 0.29) is 36.5 Å². The summed E-state index contributed by atoms with van der Waals surface area (Å²) >= 11 is 0. The summed E-state index contributed by atoms with van der Waals surface area (Å²) < 4.78 is 0. The van der Waals surface area contributed by atoms with E-state index in [9.17, 15) is 19.8 Å². The van der Waals surface area contributed by atoms with E-state index in [1.807, 2.05) is 12.1 Å². The van der Waals surface area contributed by atoms with E-state index in [4.69, 9.17) is 0 Å². The van der Waals surface area contributed by atoms with Gasteiger partial charge < -0.3 is 15.1 Å². The van der Waals surface area contributed by atoms with Gasteiger partial charge in [-0.1, -0.05) is 12.1 Å². The van der Waals surface area contributed by atoms with Crippen molar-refractivity contribution >= 4 is 29.9 Å². The van der Waals surface area contributed by atoms with Gasteiger partial charge in [-0.2, -0.15) is 0 Å². The Balaban J connectivity index is 0.00000243. The largest absolute Gasteiger partial charge is 0.506 e. The van der Waals surface area contributed by atoms with Crippen molar-refractivity contribution in [3.05, 3.63) is 24.3 Å². The smallest absolute Gasteiger partial charge is 0.229 e. The molecular formula is C18H26ClN3O4. The molecule has 3 rings (SSSR count). The van der Waals surface area contributed by atoms with Crippen molar-refractivity contribution in [3.63, 3.8) is 0 Å². The molecule has 144 valence electrons. The summed E-state index contributed by atoms with van der Waals surface area (Å²) in [6.45, 7) is 3.54. The molecule has 0 spiro atoms. The fourth-order valence-electron chi connectivity index (χ4n) is 3.47. The SMILES string of the molecule is Cl.O=C1CCCC(=O)N1CC(O)CN1CCN(c2ccccc2O)CC1. The number of hydrogen-bond acceptors (Lipinski definition) is 6. The zero-order chi connectivity index (χ0) is 17.8. The molecule has 0 radical (unpaired) electrons. The van der Waals surface area contributed by atoms with Crippen molar-refractivity contribution in [2.24, 2.45) is 0 Å². The van der Waals surface area contributed by atoms with Crippen LogP contribution < -0.4 is 4.90 Å². The number of carbonyl (C=O) groups is 2. The van der Waals surface area contributed by atoms with Gasteiger partial charge in [0.25, 0.3) is 0 Å². The summed E-state index contributed by atoms with van der Waals surface area (Å²) in [4.78, 5) is 29.1. The van der Waals surface area contributed by atoms with Crippen LogP contribution in [0.5, 0.6) is 5.75 Å². The number of nitrogens with zero attached hydrogens (tertiary/aromatic N) is 3. The van der Waals surface area contributed by atoms with E-state index in [0.717, 1.165) is 31.9 Å². The van der Waals surface area contributed by atoms with Crippen LogP contribution in [0.4, 0.5) is 5.69 Å². The van der Waals surface area contributed by atoms with E-state index in [0.29, 0.717) is 25.8 Å². The molecule has 2 saturated heterocycles. The van der Waals surface area contributed by atoms with Crippen molar-refractivity contribution in [1.29, 1.82) is 0 Å². The van der Waals surface area contributed by atoms with Crippen LogP contribution in [0.3, 0.4) is 0 Å². The van der Waals surface area contributed by atoms with Gasteiger partial charge in [0.1, 0.15) is 5.75 Å². The fraction of sp³-hybridized carbons (Fsp3) is 0.556. The highest BCUT2D eigenvalue weighted by molar-refractivity contribution is 5.97. The number of piperazine rings is 1. The van der Waals surface area contributed by atoms with Crippen LogP contribution in [-0.4, -0.2) is 77.2 Å². The lowest BCUT2D eigenvalue weighted by Gasteiger charge is -2.37. The molecule has 1 atom stereocenters. The molecule has 2 aliphatic heterocycles. The number of hydrogen-bond donors (Lipinski definition) is 2. The van der Waals surface area contributed by atoms with E-state index < -0.39 is 6.10 Å². The number of aliphatic hydroxyl groups is 1. The maximum atomic E-state index is 11.8. The number of anilines is 1. The maximum absolute atomic E-state index is 11.8. The second kappa shape index (κ2) is 9.21. The molecule has 2 amide bonds. The monoisotopic (exact) mass is 383 g/mol. The summed E-state index contributed by atoms with van der Waals surface area (Å²) in [7, 11) is 0. The molecule has 1 aromatic carbocycles. The van der Waals surface area contributed by atoms with Crippen LogP contribution in [-0.2, 0) is 9.59 Å². The minimum atomic E-state index is -0.734. The lowest BCUT2D eigenvalue weighted by Crippen LogP contribution is -2.51. The van der Waals surface area contributed by atoms with Gasteiger partial charge in [-0.15, -0.1) is 12.4 Å². The number of aliphatic hydroxyl groups excluding tert-OH is 1. The molecule has 0 aliphatic carbocycles. The zero-order valence-electron chi connectivity index (χ0n) is 14.7. The molecule has 1 unspecified atom stereocenters. The Labute approximate surface area is 159 Å². The highest BCUT2D eigenvalue weighted by Crippen LogP contribution is 2.27. The first kappa shape index (κ1) is 20.5. The number of β-amino-alcohol motifs (C(OH)–C–C–N with tert-alkyl or cyclic N) is 1. The van der Waals surface area contributed by atoms with Crippen LogP contribution in [0.25, 0.3) is 0 Å². The summed E-state index contributed by atoms with van der Waals surface area (Å²) in [6, 6.07) is 7.28. The quantitative estimate of drug-likeness (QED) is 0.733. The van der Waals surface area contributed by atoms with Crippen molar-refractivity contribution in [3.8, 4) is 5.75 Å². The number of imide groups is 1. The number of likely N-dealkylation sites (tertiary alicyclic amines) is 1. The van der Waals surface area contributed by atoms with Crippen LogP contribution in [0.1, 0.15) is 19.3 Å². The van der Waals surface area contributed by atoms with Crippen molar-refractivity contribution in [1.82, 2.24) is 9.80 Å². The third kappa shape index (κ3) is 4.87. The predicted octanol–water partition coefficient (Wildman–Crippen LogP) is 0.836. The molecule has 2 heterocycles. The van der Waals surface area contributed by atoms with Crippen molar-refractivity contribution in [2.45, 2.75) is 25.4 Å². The van der Waals surface area contributed by atoms with Crippen molar-refractivity contribution in [2.75, 3.05) is 44.2 Å². The molecule has 2 aliphatic rings. The van der Waals surface area contributed by atoms with Crippen LogP contribution in [0.2, 0.25) is 0 Å². The zero-order valence-corrected chi connectivity index (χ0v) is 15.5. The number of aromatic hydroxyl groups is 1. The van der Waals surface area contributed by atoms with Gasteiger partial charge in [-0.3, -0.25) is 19.4 Å². The van der Waals surface area contributed by atoms with E-state index >= 15 is 0 Å².